The van der Waals surface area contributed by atoms with Gasteiger partial charge < -0.3 is 5.32 Å². The van der Waals surface area contributed by atoms with E-state index in [9.17, 15) is 0 Å². The molecule has 16 heavy (non-hydrogen) atoms. The SMILES string of the molecule is Clc1ccsc1CN1C2CCNCC1CC2. The summed E-state index contributed by atoms with van der Waals surface area (Å²) in [5.74, 6) is 0. The molecule has 0 amide bonds. The summed E-state index contributed by atoms with van der Waals surface area (Å²) < 4.78 is 0. The van der Waals surface area contributed by atoms with Gasteiger partial charge in [-0.15, -0.1) is 11.3 Å². The monoisotopic (exact) mass is 256 g/mol. The summed E-state index contributed by atoms with van der Waals surface area (Å²) in [6.07, 6.45) is 4.01. The molecule has 2 bridgehead atoms. The van der Waals surface area contributed by atoms with Crippen LogP contribution in [0.1, 0.15) is 24.1 Å². The third kappa shape index (κ3) is 2.02. The maximum atomic E-state index is 6.18. The van der Waals surface area contributed by atoms with Crippen LogP contribution in [0.2, 0.25) is 5.02 Å². The number of hydrogen-bond acceptors (Lipinski definition) is 3. The van der Waals surface area contributed by atoms with Crippen molar-refractivity contribution in [3.63, 3.8) is 0 Å². The summed E-state index contributed by atoms with van der Waals surface area (Å²) in [5, 5.41) is 6.57. The average Bonchev–Trinajstić information content (AvgIpc) is 2.73. The minimum atomic E-state index is 0.727. The molecule has 2 aliphatic rings. The Hall–Kier alpha value is -0.0900. The fourth-order valence-electron chi connectivity index (χ4n) is 2.94. The Bertz CT molecular complexity index is 352. The number of thiophene rings is 1. The Morgan fingerprint density at radius 3 is 3.06 bits per heavy atom. The molecule has 1 aromatic rings. The molecule has 4 heteroatoms. The number of hydrogen-bond donors (Lipinski definition) is 1. The van der Waals surface area contributed by atoms with Crippen molar-refractivity contribution >= 4 is 22.9 Å². The van der Waals surface area contributed by atoms with Crippen LogP contribution < -0.4 is 5.32 Å². The van der Waals surface area contributed by atoms with Gasteiger partial charge >= 0.3 is 0 Å². The summed E-state index contributed by atoms with van der Waals surface area (Å²) in [6.45, 7) is 3.38. The maximum absolute atomic E-state index is 6.18. The highest BCUT2D eigenvalue weighted by Gasteiger charge is 2.34. The second-order valence-electron chi connectivity index (χ2n) is 4.74. The van der Waals surface area contributed by atoms with Gasteiger partial charge in [0.25, 0.3) is 0 Å². The van der Waals surface area contributed by atoms with Crippen LogP contribution in [0.5, 0.6) is 0 Å². The topological polar surface area (TPSA) is 15.3 Å². The molecule has 88 valence electrons. The predicted octanol–water partition coefficient (Wildman–Crippen LogP) is 2.73. The molecule has 2 atom stereocenters. The highest BCUT2D eigenvalue weighted by Crippen LogP contribution is 2.32. The molecule has 2 nitrogen and oxygen atoms in total. The average molecular weight is 257 g/mol. The number of nitrogens with one attached hydrogen (secondary N) is 1. The molecule has 0 aliphatic carbocycles. The Balaban J connectivity index is 1.76. The Kier molecular flexibility index (Phi) is 3.20. The number of fused-ring (bicyclic) bond motifs is 2. The summed E-state index contributed by atoms with van der Waals surface area (Å²) >= 11 is 7.97. The maximum Gasteiger partial charge on any atom is 0.0558 e. The standard InChI is InChI=1S/C12H17ClN2S/c13-11-4-6-16-12(11)8-15-9-1-2-10(15)7-14-5-3-9/h4,6,9-10,14H,1-3,5,7-8H2. The van der Waals surface area contributed by atoms with Crippen LogP contribution in [0.25, 0.3) is 0 Å². The fourth-order valence-corrected chi connectivity index (χ4v) is 4.05. The fraction of sp³-hybridized carbons (Fsp3) is 0.667. The first-order chi connectivity index (χ1) is 7.84. The van der Waals surface area contributed by atoms with Gasteiger partial charge in [0.15, 0.2) is 0 Å². The van der Waals surface area contributed by atoms with E-state index in [1.54, 1.807) is 11.3 Å². The lowest BCUT2D eigenvalue weighted by atomic mass is 10.1. The third-order valence-corrected chi connectivity index (χ3v) is 5.19. The predicted molar refractivity (Wildman–Crippen MR) is 69.2 cm³/mol. The molecule has 2 saturated heterocycles. The minimum Gasteiger partial charge on any atom is -0.315 e. The second-order valence-corrected chi connectivity index (χ2v) is 6.15. The molecule has 0 aromatic carbocycles. The zero-order chi connectivity index (χ0) is 11.0. The molecule has 2 fully saturated rings. The van der Waals surface area contributed by atoms with E-state index in [1.165, 1.54) is 30.7 Å². The van der Waals surface area contributed by atoms with E-state index in [2.05, 4.69) is 15.6 Å². The van der Waals surface area contributed by atoms with Crippen molar-refractivity contribution in [2.75, 3.05) is 13.1 Å². The number of halogens is 1. The van der Waals surface area contributed by atoms with Crippen LogP contribution in [0.4, 0.5) is 0 Å². The van der Waals surface area contributed by atoms with Crippen LogP contribution in [0, 0.1) is 0 Å². The number of nitrogens with zero attached hydrogens (tertiary/aromatic N) is 1. The van der Waals surface area contributed by atoms with Gasteiger partial charge in [0.2, 0.25) is 0 Å². The van der Waals surface area contributed by atoms with E-state index < -0.39 is 0 Å². The van der Waals surface area contributed by atoms with Gasteiger partial charge in [0.1, 0.15) is 0 Å². The Labute approximate surface area is 106 Å². The summed E-state index contributed by atoms with van der Waals surface area (Å²) in [4.78, 5) is 4.00. The molecule has 0 spiro atoms. The molecular weight excluding hydrogens is 240 g/mol. The van der Waals surface area contributed by atoms with Gasteiger partial charge in [-0.05, 0) is 37.3 Å². The van der Waals surface area contributed by atoms with Crippen molar-refractivity contribution in [1.29, 1.82) is 0 Å². The smallest absolute Gasteiger partial charge is 0.0558 e. The number of rotatable bonds is 2. The third-order valence-electron chi connectivity index (χ3n) is 3.82. The van der Waals surface area contributed by atoms with Crippen LogP contribution >= 0.6 is 22.9 Å². The van der Waals surface area contributed by atoms with Gasteiger partial charge in [-0.25, -0.2) is 0 Å². The van der Waals surface area contributed by atoms with Gasteiger partial charge in [-0.1, -0.05) is 11.6 Å². The molecule has 3 rings (SSSR count). The van der Waals surface area contributed by atoms with Crippen molar-refractivity contribution in [3.8, 4) is 0 Å². The van der Waals surface area contributed by atoms with E-state index in [0.717, 1.165) is 30.2 Å². The zero-order valence-electron chi connectivity index (χ0n) is 9.29. The highest BCUT2D eigenvalue weighted by molar-refractivity contribution is 7.10. The molecule has 1 N–H and O–H groups in total. The lowest BCUT2D eigenvalue weighted by Crippen LogP contribution is -2.37. The Morgan fingerprint density at radius 2 is 2.25 bits per heavy atom. The van der Waals surface area contributed by atoms with E-state index >= 15 is 0 Å². The van der Waals surface area contributed by atoms with Gasteiger partial charge in [-0.2, -0.15) is 0 Å². The van der Waals surface area contributed by atoms with Crippen LogP contribution in [-0.2, 0) is 6.54 Å². The summed E-state index contributed by atoms with van der Waals surface area (Å²) in [5.41, 5.74) is 0. The molecule has 0 saturated carbocycles. The van der Waals surface area contributed by atoms with Gasteiger partial charge in [-0.3, -0.25) is 4.90 Å². The zero-order valence-corrected chi connectivity index (χ0v) is 10.9. The van der Waals surface area contributed by atoms with E-state index in [-0.39, 0.29) is 0 Å². The van der Waals surface area contributed by atoms with Crippen LogP contribution in [-0.4, -0.2) is 30.1 Å². The van der Waals surface area contributed by atoms with E-state index in [0.29, 0.717) is 0 Å². The first kappa shape index (κ1) is 11.0. The lowest BCUT2D eigenvalue weighted by Gasteiger charge is -2.27. The van der Waals surface area contributed by atoms with Crippen molar-refractivity contribution in [2.24, 2.45) is 0 Å². The molecule has 2 unspecified atom stereocenters. The lowest BCUT2D eigenvalue weighted by molar-refractivity contribution is 0.195. The van der Waals surface area contributed by atoms with Crippen molar-refractivity contribution < 1.29 is 0 Å². The molecule has 0 radical (unpaired) electrons. The largest absolute Gasteiger partial charge is 0.315 e. The van der Waals surface area contributed by atoms with Gasteiger partial charge in [0, 0.05) is 30.1 Å². The molecule has 1 aromatic heterocycles. The summed E-state index contributed by atoms with van der Waals surface area (Å²) in [7, 11) is 0. The van der Waals surface area contributed by atoms with Crippen LogP contribution in [0.15, 0.2) is 11.4 Å². The van der Waals surface area contributed by atoms with E-state index in [1.807, 2.05) is 6.07 Å². The molecule has 3 heterocycles. The highest BCUT2D eigenvalue weighted by atomic mass is 35.5. The molecular formula is C12H17ClN2S. The molecule has 2 aliphatic heterocycles. The quantitative estimate of drug-likeness (QED) is 0.875. The second kappa shape index (κ2) is 4.65. The van der Waals surface area contributed by atoms with Crippen molar-refractivity contribution in [2.45, 2.75) is 37.9 Å². The van der Waals surface area contributed by atoms with Gasteiger partial charge in [0.05, 0.1) is 5.02 Å². The first-order valence-electron chi connectivity index (χ1n) is 6.03. The minimum absolute atomic E-state index is 0.727. The van der Waals surface area contributed by atoms with Crippen LogP contribution in [0.3, 0.4) is 0 Å². The van der Waals surface area contributed by atoms with Crippen molar-refractivity contribution in [3.05, 3.63) is 21.3 Å². The summed E-state index contributed by atoms with van der Waals surface area (Å²) in [6, 6.07) is 3.52. The van der Waals surface area contributed by atoms with E-state index in [4.69, 9.17) is 11.6 Å². The Morgan fingerprint density at radius 1 is 1.38 bits per heavy atom. The normalized spacial score (nSPS) is 30.6. The first-order valence-corrected chi connectivity index (χ1v) is 7.28. The van der Waals surface area contributed by atoms with Crippen molar-refractivity contribution in [1.82, 2.24) is 10.2 Å².